The number of ether oxygens (including phenoxy) is 1. The number of Topliss-reactive ketones (excluding diaryl/α,β-unsaturated/α-hetero) is 1. The molecule has 2 bridgehead atoms. The summed E-state index contributed by atoms with van der Waals surface area (Å²) in [7, 11) is 3.59. The van der Waals surface area contributed by atoms with Crippen molar-refractivity contribution in [2.45, 2.75) is 51.9 Å². The van der Waals surface area contributed by atoms with Crippen LogP contribution in [0.4, 0.5) is 17.1 Å². The van der Waals surface area contributed by atoms with Gasteiger partial charge < -0.3 is 40.7 Å². The van der Waals surface area contributed by atoms with Gasteiger partial charge in [-0.1, -0.05) is 63.3 Å². The van der Waals surface area contributed by atoms with E-state index in [2.05, 4.69) is 24.5 Å². The number of ketones is 1. The molecule has 12 heteroatoms. The van der Waals surface area contributed by atoms with Crippen molar-refractivity contribution in [1.82, 2.24) is 0 Å². The Morgan fingerprint density at radius 1 is 0.891 bits per heavy atom. The number of amides is 2. The minimum absolute atomic E-state index is 0.0332. The molecule has 0 heterocycles. The molecule has 0 radical (unpaired) electrons. The van der Waals surface area contributed by atoms with E-state index < -0.39 is 59.3 Å². The molecule has 1 spiro atoms. The van der Waals surface area contributed by atoms with Crippen LogP contribution in [0, 0.1) is 34.5 Å². The summed E-state index contributed by atoms with van der Waals surface area (Å²) in [6, 6.07) is 17.2. The van der Waals surface area contributed by atoms with Crippen LogP contribution in [0.5, 0.6) is 5.75 Å². The Bertz CT molecular complexity index is 2170. The molecular weight excluding hydrogens is 702 g/mol. The van der Waals surface area contributed by atoms with Crippen LogP contribution in [-0.4, -0.2) is 82.5 Å². The molecule has 4 aliphatic carbocycles. The first kappa shape index (κ1) is 38.0. The summed E-state index contributed by atoms with van der Waals surface area (Å²) in [5.74, 6) is -3.83. The number of aliphatic hydroxyl groups is 3. The van der Waals surface area contributed by atoms with Gasteiger partial charge in [0, 0.05) is 25.7 Å². The number of phenolic OH excluding ortho intramolecular Hbond substituents is 1. The predicted octanol–water partition coefficient (Wildman–Crippen LogP) is 4.96. The summed E-state index contributed by atoms with van der Waals surface area (Å²) in [4.78, 5) is 57.2. The zero-order valence-electron chi connectivity index (χ0n) is 31.7. The lowest BCUT2D eigenvalue weighted by molar-refractivity contribution is -0.190. The fourth-order valence-corrected chi connectivity index (χ4v) is 9.73. The molecular formula is C43H47N3O9. The zero-order valence-corrected chi connectivity index (χ0v) is 31.7. The molecule has 0 aromatic heterocycles. The molecule has 3 aromatic carbocycles. The molecule has 55 heavy (non-hydrogen) atoms. The normalized spacial score (nSPS) is 30.0. The molecule has 2 amide bonds. The number of aliphatic hydroxyl groups excluding tert-OH is 2. The average Bonchev–Trinajstić information content (AvgIpc) is 3.65. The second-order valence-corrected chi connectivity index (χ2v) is 16.3. The van der Waals surface area contributed by atoms with E-state index in [9.17, 15) is 39.6 Å². The second-order valence-electron chi connectivity index (χ2n) is 16.3. The van der Waals surface area contributed by atoms with E-state index in [-0.39, 0.29) is 57.0 Å². The number of hydrogen-bond acceptors (Lipinski definition) is 10. The third kappa shape index (κ3) is 5.77. The first-order chi connectivity index (χ1) is 26.0. The van der Waals surface area contributed by atoms with Gasteiger partial charge >= 0.3 is 5.97 Å². The molecule has 7 rings (SSSR count). The first-order valence-corrected chi connectivity index (χ1v) is 18.5. The highest BCUT2D eigenvalue weighted by molar-refractivity contribution is 6.16. The van der Waals surface area contributed by atoms with Gasteiger partial charge in [-0.25, -0.2) is 4.79 Å². The lowest BCUT2D eigenvalue weighted by Crippen LogP contribution is -2.65. The maximum absolute atomic E-state index is 14.6. The van der Waals surface area contributed by atoms with E-state index in [1.165, 1.54) is 30.3 Å². The molecule has 288 valence electrons. The molecule has 4 aliphatic rings. The van der Waals surface area contributed by atoms with Crippen LogP contribution in [0.1, 0.15) is 65.2 Å². The number of allylic oxidation sites excluding steroid dienone is 1. The number of aromatic hydroxyl groups is 1. The van der Waals surface area contributed by atoms with Crippen LogP contribution in [0.3, 0.4) is 0 Å². The number of esters is 1. The molecule has 8 atom stereocenters. The number of nitrogens with zero attached hydrogens (tertiary/aromatic N) is 1. The number of fused-ring (bicyclic) bond motifs is 3. The molecule has 0 unspecified atom stereocenters. The topological polar surface area (TPSA) is 186 Å². The molecule has 0 aliphatic heterocycles. The van der Waals surface area contributed by atoms with Crippen LogP contribution < -0.4 is 15.5 Å². The van der Waals surface area contributed by atoms with Crippen LogP contribution in [0.2, 0.25) is 0 Å². The van der Waals surface area contributed by atoms with Crippen LogP contribution in [-0.2, 0) is 9.53 Å². The number of anilines is 3. The second kappa shape index (κ2) is 13.5. The number of rotatable bonds is 8. The van der Waals surface area contributed by atoms with Gasteiger partial charge in [-0.15, -0.1) is 0 Å². The monoisotopic (exact) mass is 749 g/mol. The van der Waals surface area contributed by atoms with Crippen molar-refractivity contribution in [2.24, 2.45) is 34.5 Å². The predicted molar refractivity (Wildman–Crippen MR) is 206 cm³/mol. The fraction of sp³-hybridized carbons (Fsp3) is 0.395. The highest BCUT2D eigenvalue weighted by atomic mass is 16.5. The Kier molecular flexibility index (Phi) is 9.30. The van der Waals surface area contributed by atoms with Crippen molar-refractivity contribution in [3.05, 3.63) is 107 Å². The third-order valence-corrected chi connectivity index (χ3v) is 12.7. The number of carbonyl (C=O) groups is 4. The van der Waals surface area contributed by atoms with Gasteiger partial charge in [0.2, 0.25) is 0 Å². The van der Waals surface area contributed by atoms with Gasteiger partial charge in [0.15, 0.2) is 5.78 Å². The van der Waals surface area contributed by atoms with Gasteiger partial charge in [-0.3, -0.25) is 14.4 Å². The van der Waals surface area contributed by atoms with E-state index in [4.69, 9.17) is 4.74 Å². The minimum atomic E-state index is -2.28. The van der Waals surface area contributed by atoms with Gasteiger partial charge in [0.05, 0.1) is 27.9 Å². The number of carbonyl (C=O) groups excluding carboxylic acids is 4. The van der Waals surface area contributed by atoms with Gasteiger partial charge in [0.1, 0.15) is 35.7 Å². The molecule has 6 N–H and O–H groups in total. The Labute approximate surface area is 319 Å². The van der Waals surface area contributed by atoms with Crippen molar-refractivity contribution >= 4 is 40.6 Å². The Morgan fingerprint density at radius 2 is 1.53 bits per heavy atom. The van der Waals surface area contributed by atoms with Crippen LogP contribution in [0.25, 0.3) is 0 Å². The Morgan fingerprint density at radius 3 is 2.24 bits per heavy atom. The van der Waals surface area contributed by atoms with Crippen LogP contribution in [0.15, 0.2) is 90.0 Å². The number of nitrogens with one attached hydrogen (secondary N) is 2. The largest absolute Gasteiger partial charge is 0.507 e. The summed E-state index contributed by atoms with van der Waals surface area (Å²) in [5, 5.41) is 51.8. The van der Waals surface area contributed by atoms with Crippen molar-refractivity contribution in [1.29, 1.82) is 0 Å². The lowest BCUT2D eigenvalue weighted by atomic mass is 9.59. The Hall–Kier alpha value is -5.30. The summed E-state index contributed by atoms with van der Waals surface area (Å²) >= 11 is 0. The van der Waals surface area contributed by atoms with E-state index in [1.54, 1.807) is 74.5 Å². The SMILES string of the molecule is CC1=C[C@]23C(=O)[C@@H](C=C(COC(=O)c4ccccc4NC(=O)c4c(O)cccc4NC(=O)c4ccccc4N(C)C)[C@@H](O)[C@]2(O)[C@H]1O)[C@@H]1[C@H](C[C@H]3C)C1(C)C. The first-order valence-electron chi connectivity index (χ1n) is 18.5. The summed E-state index contributed by atoms with van der Waals surface area (Å²) in [6.07, 6.45) is 0.636. The highest BCUT2D eigenvalue weighted by Gasteiger charge is 2.75. The maximum Gasteiger partial charge on any atom is 0.340 e. The lowest BCUT2D eigenvalue weighted by Gasteiger charge is -2.48. The van der Waals surface area contributed by atoms with Crippen molar-refractivity contribution < 1.29 is 44.3 Å². The average molecular weight is 750 g/mol. The minimum Gasteiger partial charge on any atom is -0.507 e. The van der Waals surface area contributed by atoms with Crippen molar-refractivity contribution in [3.63, 3.8) is 0 Å². The zero-order chi connectivity index (χ0) is 39.8. The van der Waals surface area contributed by atoms with Crippen molar-refractivity contribution in [2.75, 3.05) is 36.2 Å². The molecule has 12 nitrogen and oxygen atoms in total. The summed E-state index contributed by atoms with van der Waals surface area (Å²) in [5.41, 5.74) is -2.74. The number of phenols is 1. The number of para-hydroxylation sites is 2. The van der Waals surface area contributed by atoms with E-state index in [0.717, 1.165) is 0 Å². The Balaban J connectivity index is 1.14. The van der Waals surface area contributed by atoms with E-state index in [1.807, 2.05) is 6.92 Å². The molecule has 3 aromatic rings. The molecule has 2 fully saturated rings. The number of benzene rings is 3. The van der Waals surface area contributed by atoms with E-state index in [0.29, 0.717) is 23.2 Å². The van der Waals surface area contributed by atoms with Crippen LogP contribution >= 0.6 is 0 Å². The molecule has 2 saturated carbocycles. The number of hydrogen-bond donors (Lipinski definition) is 6. The van der Waals surface area contributed by atoms with Gasteiger partial charge in [-0.05, 0) is 84.1 Å². The smallest absolute Gasteiger partial charge is 0.340 e. The highest BCUT2D eigenvalue weighted by Crippen LogP contribution is 2.71. The summed E-state index contributed by atoms with van der Waals surface area (Å²) < 4.78 is 5.75. The third-order valence-electron chi connectivity index (χ3n) is 12.7. The fourth-order valence-electron chi connectivity index (χ4n) is 9.73. The molecule has 0 saturated heterocycles. The van der Waals surface area contributed by atoms with E-state index >= 15 is 0 Å². The summed E-state index contributed by atoms with van der Waals surface area (Å²) in [6.45, 7) is 7.22. The standard InChI is InChI=1S/C43H47N3O9/c1-22-20-42-23(2)18-28-34(41(28,3)4)27(37(42)50)19-24(36(49)43(42,54)35(22)48)21-55-40(53)25-12-7-9-14-29(25)44-39(52)33-30(15-11-17-32(33)47)45-38(51)26-13-8-10-16-31(26)46(5)6/h7-17,19-20,23,27-28,34-36,47-49,54H,18,21H2,1-6H3,(H,44,52)(H,45,51)/t23-,27+,28+,34-,35+,36-,42+,43-/m1/s1. The maximum atomic E-state index is 14.6. The quantitative estimate of drug-likeness (QED) is 0.136. The van der Waals surface area contributed by atoms with Crippen molar-refractivity contribution in [3.8, 4) is 5.75 Å². The van der Waals surface area contributed by atoms with Gasteiger partial charge in [-0.2, -0.15) is 0 Å². The van der Waals surface area contributed by atoms with Gasteiger partial charge in [0.25, 0.3) is 11.8 Å².